The van der Waals surface area contributed by atoms with Crippen molar-refractivity contribution in [2.45, 2.75) is 19.8 Å². The zero-order valence-corrected chi connectivity index (χ0v) is 15.8. The van der Waals surface area contributed by atoms with Gasteiger partial charge in [0.25, 0.3) is 5.69 Å². The summed E-state index contributed by atoms with van der Waals surface area (Å²) in [5, 5.41) is 16.5. The van der Waals surface area contributed by atoms with E-state index in [1.165, 1.54) is 13.0 Å². The number of piperazine rings is 1. The van der Waals surface area contributed by atoms with Crippen LogP contribution in [-0.4, -0.2) is 71.7 Å². The van der Waals surface area contributed by atoms with Gasteiger partial charge in [0, 0.05) is 65.1 Å². The fourth-order valence-corrected chi connectivity index (χ4v) is 2.92. The van der Waals surface area contributed by atoms with Gasteiger partial charge in [0.05, 0.1) is 4.92 Å². The standard InChI is InChI=1S/C18H25N5O5/c1-14(24)21-10-12-22(13-11-21)18(26)7-6-17(25)20-9-8-19-15-4-2-3-5-16(15)23(27)28/h2-5,19H,6-13H2,1H3,(H,20,25). The number of nitrogens with zero attached hydrogens (tertiary/aromatic N) is 3. The van der Waals surface area contributed by atoms with Gasteiger partial charge >= 0.3 is 0 Å². The lowest BCUT2D eigenvalue weighted by Gasteiger charge is -2.34. The van der Waals surface area contributed by atoms with Gasteiger partial charge < -0.3 is 20.4 Å². The van der Waals surface area contributed by atoms with Crippen LogP contribution in [0, 0.1) is 10.1 Å². The number of benzene rings is 1. The summed E-state index contributed by atoms with van der Waals surface area (Å²) >= 11 is 0. The van der Waals surface area contributed by atoms with Crippen LogP contribution in [-0.2, 0) is 14.4 Å². The Bertz CT molecular complexity index is 731. The maximum absolute atomic E-state index is 12.2. The number of rotatable bonds is 8. The van der Waals surface area contributed by atoms with Crippen molar-refractivity contribution < 1.29 is 19.3 Å². The number of carbonyl (C=O) groups excluding carboxylic acids is 3. The SMILES string of the molecule is CC(=O)N1CCN(C(=O)CCC(=O)NCCNc2ccccc2[N+](=O)[O-])CC1. The molecule has 0 aliphatic carbocycles. The molecular weight excluding hydrogens is 366 g/mol. The Labute approximate surface area is 163 Å². The Morgan fingerprint density at radius 1 is 1.04 bits per heavy atom. The quantitative estimate of drug-likeness (QED) is 0.380. The van der Waals surface area contributed by atoms with Crippen LogP contribution in [0.1, 0.15) is 19.8 Å². The monoisotopic (exact) mass is 391 g/mol. The predicted octanol–water partition coefficient (Wildman–Crippen LogP) is 0.594. The number of hydrogen-bond acceptors (Lipinski definition) is 6. The molecule has 0 saturated carbocycles. The average Bonchev–Trinajstić information content (AvgIpc) is 2.69. The summed E-state index contributed by atoms with van der Waals surface area (Å²) in [6.07, 6.45) is 0.195. The summed E-state index contributed by atoms with van der Waals surface area (Å²) < 4.78 is 0. The molecule has 10 nitrogen and oxygen atoms in total. The average molecular weight is 391 g/mol. The zero-order chi connectivity index (χ0) is 20.5. The van der Waals surface area contributed by atoms with Gasteiger partial charge in [-0.05, 0) is 6.07 Å². The maximum Gasteiger partial charge on any atom is 0.292 e. The van der Waals surface area contributed by atoms with Crippen LogP contribution in [0.5, 0.6) is 0 Å². The Morgan fingerprint density at radius 2 is 1.68 bits per heavy atom. The first-order chi connectivity index (χ1) is 13.4. The maximum atomic E-state index is 12.2. The lowest BCUT2D eigenvalue weighted by Crippen LogP contribution is -2.50. The predicted molar refractivity (Wildman–Crippen MR) is 103 cm³/mol. The highest BCUT2D eigenvalue weighted by Gasteiger charge is 2.22. The van der Waals surface area contributed by atoms with E-state index in [2.05, 4.69) is 10.6 Å². The normalized spacial score (nSPS) is 13.8. The Kier molecular flexibility index (Phi) is 7.73. The van der Waals surface area contributed by atoms with Crippen molar-refractivity contribution in [1.82, 2.24) is 15.1 Å². The van der Waals surface area contributed by atoms with Crippen LogP contribution in [0.4, 0.5) is 11.4 Å². The Balaban J connectivity index is 1.63. The van der Waals surface area contributed by atoms with E-state index >= 15 is 0 Å². The van der Waals surface area contributed by atoms with E-state index in [1.807, 2.05) is 0 Å². The van der Waals surface area contributed by atoms with Gasteiger partial charge in [-0.15, -0.1) is 0 Å². The van der Waals surface area contributed by atoms with Crippen LogP contribution in [0.15, 0.2) is 24.3 Å². The van der Waals surface area contributed by atoms with E-state index in [0.717, 1.165) is 0 Å². The summed E-state index contributed by atoms with van der Waals surface area (Å²) in [5.41, 5.74) is 0.367. The van der Waals surface area contributed by atoms with Crippen molar-refractivity contribution in [1.29, 1.82) is 0 Å². The lowest BCUT2D eigenvalue weighted by molar-refractivity contribution is -0.384. The van der Waals surface area contributed by atoms with E-state index in [9.17, 15) is 24.5 Å². The molecular formula is C18H25N5O5. The number of nitro benzene ring substituents is 1. The zero-order valence-electron chi connectivity index (χ0n) is 15.8. The molecule has 1 aliphatic heterocycles. The molecule has 152 valence electrons. The molecule has 1 saturated heterocycles. The first-order valence-corrected chi connectivity index (χ1v) is 9.15. The highest BCUT2D eigenvalue weighted by Crippen LogP contribution is 2.22. The van der Waals surface area contributed by atoms with Gasteiger partial charge in [0.2, 0.25) is 17.7 Å². The van der Waals surface area contributed by atoms with Crippen LogP contribution in [0.25, 0.3) is 0 Å². The fourth-order valence-electron chi connectivity index (χ4n) is 2.92. The van der Waals surface area contributed by atoms with E-state index in [0.29, 0.717) is 38.4 Å². The molecule has 3 amide bonds. The van der Waals surface area contributed by atoms with Crippen molar-refractivity contribution in [3.63, 3.8) is 0 Å². The molecule has 2 N–H and O–H groups in total. The molecule has 1 aromatic rings. The highest BCUT2D eigenvalue weighted by molar-refractivity contribution is 5.84. The smallest absolute Gasteiger partial charge is 0.292 e. The molecule has 28 heavy (non-hydrogen) atoms. The Morgan fingerprint density at radius 3 is 2.32 bits per heavy atom. The summed E-state index contributed by atoms with van der Waals surface area (Å²) in [5.74, 6) is -0.350. The van der Waals surface area contributed by atoms with Gasteiger partial charge in [-0.2, -0.15) is 0 Å². The molecule has 0 bridgehead atoms. The van der Waals surface area contributed by atoms with Crippen molar-refractivity contribution in [3.05, 3.63) is 34.4 Å². The topological polar surface area (TPSA) is 125 Å². The minimum atomic E-state index is -0.469. The van der Waals surface area contributed by atoms with Crippen LogP contribution < -0.4 is 10.6 Å². The third-order valence-electron chi connectivity index (χ3n) is 4.51. The third kappa shape index (κ3) is 6.22. The molecule has 0 radical (unpaired) electrons. The number of anilines is 1. The van der Waals surface area contributed by atoms with Crippen molar-refractivity contribution in [2.24, 2.45) is 0 Å². The van der Waals surface area contributed by atoms with E-state index in [1.54, 1.807) is 28.0 Å². The van der Waals surface area contributed by atoms with Crippen LogP contribution >= 0.6 is 0 Å². The van der Waals surface area contributed by atoms with Gasteiger partial charge in [-0.1, -0.05) is 12.1 Å². The van der Waals surface area contributed by atoms with Crippen LogP contribution in [0.2, 0.25) is 0 Å². The lowest BCUT2D eigenvalue weighted by atomic mass is 10.2. The number of carbonyl (C=O) groups is 3. The van der Waals surface area contributed by atoms with Crippen molar-refractivity contribution >= 4 is 29.1 Å². The summed E-state index contributed by atoms with van der Waals surface area (Å²) in [7, 11) is 0. The van der Waals surface area contributed by atoms with Crippen LogP contribution in [0.3, 0.4) is 0 Å². The number of nitrogens with one attached hydrogen (secondary N) is 2. The number of nitro groups is 1. The third-order valence-corrected chi connectivity index (χ3v) is 4.51. The summed E-state index contributed by atoms with van der Waals surface area (Å²) in [6.45, 7) is 4.13. The summed E-state index contributed by atoms with van der Waals surface area (Å²) in [6, 6.07) is 6.28. The number of amides is 3. The second-order valence-corrected chi connectivity index (χ2v) is 6.44. The van der Waals surface area contributed by atoms with E-state index in [-0.39, 0.29) is 42.8 Å². The molecule has 1 heterocycles. The van der Waals surface area contributed by atoms with Crippen molar-refractivity contribution in [3.8, 4) is 0 Å². The minimum absolute atomic E-state index is 0.000853. The van der Waals surface area contributed by atoms with E-state index in [4.69, 9.17) is 0 Å². The molecule has 0 spiro atoms. The molecule has 0 unspecified atom stereocenters. The molecule has 10 heteroatoms. The van der Waals surface area contributed by atoms with Crippen molar-refractivity contribution in [2.75, 3.05) is 44.6 Å². The first-order valence-electron chi connectivity index (χ1n) is 9.15. The molecule has 1 fully saturated rings. The van der Waals surface area contributed by atoms with E-state index < -0.39 is 4.92 Å². The van der Waals surface area contributed by atoms with Gasteiger partial charge in [-0.25, -0.2) is 0 Å². The molecule has 0 aromatic heterocycles. The molecule has 1 aromatic carbocycles. The first kappa shape index (κ1) is 21.1. The largest absolute Gasteiger partial charge is 0.378 e. The van der Waals surface area contributed by atoms with Gasteiger partial charge in [0.1, 0.15) is 5.69 Å². The minimum Gasteiger partial charge on any atom is -0.378 e. The number of hydrogen-bond donors (Lipinski definition) is 2. The molecule has 0 atom stereocenters. The van der Waals surface area contributed by atoms with Gasteiger partial charge in [0.15, 0.2) is 0 Å². The second kappa shape index (κ2) is 10.2. The summed E-state index contributed by atoms with van der Waals surface area (Å²) in [4.78, 5) is 49.2. The number of para-hydroxylation sites is 2. The highest BCUT2D eigenvalue weighted by atomic mass is 16.6. The fraction of sp³-hybridized carbons (Fsp3) is 0.500. The Hall–Kier alpha value is -3.17. The molecule has 2 rings (SSSR count). The molecule has 1 aliphatic rings. The second-order valence-electron chi connectivity index (χ2n) is 6.44. The van der Waals surface area contributed by atoms with Gasteiger partial charge in [-0.3, -0.25) is 24.5 Å².